The van der Waals surface area contributed by atoms with Gasteiger partial charge in [-0.2, -0.15) is 0 Å². The molecule has 0 spiro atoms. The van der Waals surface area contributed by atoms with Crippen molar-refractivity contribution in [1.29, 1.82) is 0 Å². The van der Waals surface area contributed by atoms with Crippen molar-refractivity contribution in [3.63, 3.8) is 0 Å². The van der Waals surface area contributed by atoms with Crippen LogP contribution in [0.4, 0.5) is 0 Å². The molecule has 104 valence electrons. The van der Waals surface area contributed by atoms with Crippen LogP contribution in [0.2, 0.25) is 0 Å². The van der Waals surface area contributed by atoms with E-state index in [0.717, 1.165) is 18.7 Å². The Morgan fingerprint density at radius 2 is 1.70 bits per heavy atom. The zero-order chi connectivity index (χ0) is 14.4. The van der Waals surface area contributed by atoms with Gasteiger partial charge in [0.2, 0.25) is 0 Å². The van der Waals surface area contributed by atoms with Gasteiger partial charge in [-0.3, -0.25) is 9.69 Å². The molecule has 0 heterocycles. The largest absolute Gasteiger partial charge is 0.293 e. The van der Waals surface area contributed by atoms with E-state index in [4.69, 9.17) is 0 Å². The predicted molar refractivity (Wildman–Crippen MR) is 90.9 cm³/mol. The maximum atomic E-state index is 12.2. The molecule has 0 aliphatic carbocycles. The first kappa shape index (κ1) is 15.2. The van der Waals surface area contributed by atoms with E-state index in [1.807, 2.05) is 42.5 Å². The summed E-state index contributed by atoms with van der Waals surface area (Å²) in [5.41, 5.74) is 2.06. The zero-order valence-electron chi connectivity index (χ0n) is 11.6. The van der Waals surface area contributed by atoms with Gasteiger partial charge in [-0.15, -0.1) is 0 Å². The SMILES string of the molecule is CCN(CC(=O)c1ccccc1)Cc1ccccc1I. The summed E-state index contributed by atoms with van der Waals surface area (Å²) in [6.45, 7) is 4.23. The first-order chi connectivity index (χ1) is 9.70. The quantitative estimate of drug-likeness (QED) is 0.559. The van der Waals surface area contributed by atoms with Gasteiger partial charge in [0.05, 0.1) is 6.54 Å². The number of nitrogens with zero attached hydrogens (tertiary/aromatic N) is 1. The average molecular weight is 379 g/mol. The van der Waals surface area contributed by atoms with Crippen LogP contribution in [0.15, 0.2) is 54.6 Å². The number of rotatable bonds is 6. The van der Waals surface area contributed by atoms with Crippen LogP contribution >= 0.6 is 22.6 Å². The van der Waals surface area contributed by atoms with Gasteiger partial charge < -0.3 is 0 Å². The Morgan fingerprint density at radius 1 is 1.05 bits per heavy atom. The highest BCUT2D eigenvalue weighted by atomic mass is 127. The molecule has 0 fully saturated rings. The number of Topliss-reactive ketones (excluding diaryl/α,β-unsaturated/α-hetero) is 1. The van der Waals surface area contributed by atoms with Gasteiger partial charge in [0.15, 0.2) is 5.78 Å². The van der Waals surface area contributed by atoms with Crippen LogP contribution in [0.25, 0.3) is 0 Å². The molecule has 3 heteroatoms. The lowest BCUT2D eigenvalue weighted by atomic mass is 10.1. The van der Waals surface area contributed by atoms with Crippen molar-refractivity contribution in [2.24, 2.45) is 0 Å². The second-order valence-electron chi connectivity index (χ2n) is 4.68. The molecule has 0 aliphatic rings. The molecule has 2 aromatic carbocycles. The van der Waals surface area contributed by atoms with Crippen molar-refractivity contribution in [1.82, 2.24) is 4.90 Å². The third-order valence-corrected chi connectivity index (χ3v) is 4.31. The molecule has 0 radical (unpaired) electrons. The molecule has 0 aliphatic heterocycles. The van der Waals surface area contributed by atoms with E-state index in [-0.39, 0.29) is 5.78 Å². The zero-order valence-corrected chi connectivity index (χ0v) is 13.7. The molecule has 20 heavy (non-hydrogen) atoms. The molecule has 0 atom stereocenters. The van der Waals surface area contributed by atoms with Crippen molar-refractivity contribution in [3.8, 4) is 0 Å². The molecule has 0 amide bonds. The summed E-state index contributed by atoms with van der Waals surface area (Å²) in [5, 5.41) is 0. The van der Waals surface area contributed by atoms with Crippen LogP contribution in [0, 0.1) is 3.57 Å². The van der Waals surface area contributed by atoms with E-state index >= 15 is 0 Å². The fourth-order valence-corrected chi connectivity index (χ4v) is 2.62. The van der Waals surface area contributed by atoms with Crippen LogP contribution in [0.5, 0.6) is 0 Å². The highest BCUT2D eigenvalue weighted by molar-refractivity contribution is 14.1. The lowest BCUT2D eigenvalue weighted by Crippen LogP contribution is -2.29. The van der Waals surface area contributed by atoms with E-state index in [2.05, 4.69) is 46.5 Å². The number of hydrogen-bond acceptors (Lipinski definition) is 2. The number of ketones is 1. The Kier molecular flexibility index (Phi) is 5.73. The Morgan fingerprint density at radius 3 is 2.35 bits per heavy atom. The number of carbonyl (C=O) groups excluding carboxylic acids is 1. The van der Waals surface area contributed by atoms with E-state index in [1.54, 1.807) is 0 Å². The summed E-state index contributed by atoms with van der Waals surface area (Å²) in [7, 11) is 0. The van der Waals surface area contributed by atoms with Crippen LogP contribution in [0.1, 0.15) is 22.8 Å². The molecule has 0 aromatic heterocycles. The summed E-state index contributed by atoms with van der Waals surface area (Å²) >= 11 is 2.34. The molecule has 2 aromatic rings. The summed E-state index contributed by atoms with van der Waals surface area (Å²) in [5.74, 6) is 0.179. The summed E-state index contributed by atoms with van der Waals surface area (Å²) in [6, 6.07) is 17.8. The lowest BCUT2D eigenvalue weighted by Gasteiger charge is -2.20. The first-order valence-electron chi connectivity index (χ1n) is 6.74. The van der Waals surface area contributed by atoms with Crippen LogP contribution in [0.3, 0.4) is 0 Å². The summed E-state index contributed by atoms with van der Waals surface area (Å²) < 4.78 is 1.25. The Hall–Kier alpha value is -1.20. The Labute approximate surface area is 133 Å². The molecular formula is C17H18INO. The smallest absolute Gasteiger partial charge is 0.176 e. The highest BCUT2D eigenvalue weighted by Gasteiger charge is 2.12. The number of benzene rings is 2. The van der Waals surface area contributed by atoms with Gasteiger partial charge in [0, 0.05) is 15.7 Å². The number of hydrogen-bond donors (Lipinski definition) is 0. The van der Waals surface area contributed by atoms with E-state index in [0.29, 0.717) is 6.54 Å². The lowest BCUT2D eigenvalue weighted by molar-refractivity contribution is 0.0929. The van der Waals surface area contributed by atoms with E-state index < -0.39 is 0 Å². The van der Waals surface area contributed by atoms with Crippen molar-refractivity contribution >= 4 is 28.4 Å². The number of carbonyl (C=O) groups is 1. The summed E-state index contributed by atoms with van der Waals surface area (Å²) in [6.07, 6.45) is 0. The normalized spacial score (nSPS) is 10.8. The van der Waals surface area contributed by atoms with Gasteiger partial charge >= 0.3 is 0 Å². The molecule has 0 saturated heterocycles. The topological polar surface area (TPSA) is 20.3 Å². The van der Waals surface area contributed by atoms with Crippen molar-refractivity contribution in [2.75, 3.05) is 13.1 Å². The molecule has 2 rings (SSSR count). The van der Waals surface area contributed by atoms with Crippen molar-refractivity contribution < 1.29 is 4.79 Å². The molecule has 2 nitrogen and oxygen atoms in total. The minimum absolute atomic E-state index is 0.179. The van der Waals surface area contributed by atoms with E-state index in [9.17, 15) is 4.79 Å². The highest BCUT2D eigenvalue weighted by Crippen LogP contribution is 2.14. The number of likely N-dealkylation sites (N-methyl/N-ethyl adjacent to an activating group) is 1. The van der Waals surface area contributed by atoms with Gasteiger partial charge in [-0.05, 0) is 40.8 Å². The maximum absolute atomic E-state index is 12.2. The molecule has 0 N–H and O–H groups in total. The second kappa shape index (κ2) is 7.55. The van der Waals surface area contributed by atoms with Crippen LogP contribution in [-0.4, -0.2) is 23.8 Å². The van der Waals surface area contributed by atoms with Gasteiger partial charge in [0.1, 0.15) is 0 Å². The minimum Gasteiger partial charge on any atom is -0.293 e. The second-order valence-corrected chi connectivity index (χ2v) is 5.85. The predicted octanol–water partition coefficient (Wildman–Crippen LogP) is 4.00. The monoisotopic (exact) mass is 379 g/mol. The Bertz CT molecular complexity index is 568. The van der Waals surface area contributed by atoms with Gasteiger partial charge in [-0.25, -0.2) is 0 Å². The summed E-state index contributed by atoms with van der Waals surface area (Å²) in [4.78, 5) is 14.4. The fourth-order valence-electron chi connectivity index (χ4n) is 2.07. The molecule has 0 bridgehead atoms. The standard InChI is InChI=1S/C17H18INO/c1-2-19(12-15-10-6-7-11-16(15)18)13-17(20)14-8-4-3-5-9-14/h3-11H,2,12-13H2,1H3. The molecule has 0 saturated carbocycles. The van der Waals surface area contributed by atoms with Crippen molar-refractivity contribution in [3.05, 3.63) is 69.3 Å². The number of halogens is 1. The maximum Gasteiger partial charge on any atom is 0.176 e. The molecule has 0 unspecified atom stereocenters. The van der Waals surface area contributed by atoms with Crippen LogP contribution < -0.4 is 0 Å². The first-order valence-corrected chi connectivity index (χ1v) is 7.82. The van der Waals surface area contributed by atoms with Gasteiger partial charge in [-0.1, -0.05) is 55.5 Å². The third kappa shape index (κ3) is 4.15. The van der Waals surface area contributed by atoms with Crippen LogP contribution in [-0.2, 0) is 6.54 Å². The Balaban J connectivity index is 2.03. The van der Waals surface area contributed by atoms with E-state index in [1.165, 1.54) is 9.13 Å². The third-order valence-electron chi connectivity index (χ3n) is 3.26. The minimum atomic E-state index is 0.179. The average Bonchev–Trinajstić information content (AvgIpc) is 2.49. The van der Waals surface area contributed by atoms with Gasteiger partial charge in [0.25, 0.3) is 0 Å². The fraction of sp³-hybridized carbons (Fsp3) is 0.235. The molecular weight excluding hydrogens is 361 g/mol. The van der Waals surface area contributed by atoms with Crippen molar-refractivity contribution in [2.45, 2.75) is 13.5 Å².